The maximum atomic E-state index is 5.51. The zero-order valence-electron chi connectivity index (χ0n) is 13.6. The summed E-state index contributed by atoms with van der Waals surface area (Å²) in [6.07, 6.45) is 2.84. The summed E-state index contributed by atoms with van der Waals surface area (Å²) in [7, 11) is 3.67. The van der Waals surface area contributed by atoms with Gasteiger partial charge in [0, 0.05) is 6.54 Å². The molecule has 21 heavy (non-hydrogen) atoms. The molecule has 0 fully saturated rings. The van der Waals surface area contributed by atoms with Crippen molar-refractivity contribution in [1.82, 2.24) is 15.1 Å². The van der Waals surface area contributed by atoms with Gasteiger partial charge in [0.15, 0.2) is 5.75 Å². The summed E-state index contributed by atoms with van der Waals surface area (Å²) in [5, 5.41) is 7.86. The summed E-state index contributed by atoms with van der Waals surface area (Å²) in [6, 6.07) is 6.65. The van der Waals surface area contributed by atoms with Crippen molar-refractivity contribution in [3.05, 3.63) is 46.8 Å². The highest BCUT2D eigenvalue weighted by molar-refractivity contribution is 5.39. The molecular weight excluding hydrogens is 262 g/mol. The third kappa shape index (κ3) is 3.10. The summed E-state index contributed by atoms with van der Waals surface area (Å²) >= 11 is 0. The number of rotatable bonds is 6. The second-order valence-corrected chi connectivity index (χ2v) is 5.39. The van der Waals surface area contributed by atoms with Gasteiger partial charge >= 0.3 is 0 Å². The summed E-state index contributed by atoms with van der Waals surface area (Å²) in [6.45, 7) is 7.32. The number of nitrogens with one attached hydrogen (secondary N) is 1. The molecule has 1 atom stereocenters. The van der Waals surface area contributed by atoms with Gasteiger partial charge in [0.1, 0.15) is 5.69 Å². The van der Waals surface area contributed by atoms with Crippen LogP contribution in [-0.4, -0.2) is 23.9 Å². The van der Waals surface area contributed by atoms with E-state index in [2.05, 4.69) is 49.4 Å². The van der Waals surface area contributed by atoms with Crippen LogP contribution in [0.2, 0.25) is 0 Å². The molecule has 1 N–H and O–H groups in total. The average molecular weight is 287 g/mol. The second-order valence-electron chi connectivity index (χ2n) is 5.39. The van der Waals surface area contributed by atoms with E-state index in [-0.39, 0.29) is 6.04 Å². The number of methoxy groups -OCH3 is 1. The first-order valence-corrected chi connectivity index (χ1v) is 7.46. The van der Waals surface area contributed by atoms with Gasteiger partial charge in [-0.05, 0) is 44.0 Å². The van der Waals surface area contributed by atoms with Crippen molar-refractivity contribution in [2.24, 2.45) is 0 Å². The van der Waals surface area contributed by atoms with Crippen molar-refractivity contribution < 1.29 is 4.74 Å². The second kappa shape index (κ2) is 6.76. The highest BCUT2D eigenvalue weighted by Crippen LogP contribution is 2.30. The van der Waals surface area contributed by atoms with Crippen LogP contribution in [-0.2, 0) is 6.54 Å². The molecule has 114 valence electrons. The van der Waals surface area contributed by atoms with E-state index in [4.69, 9.17) is 4.74 Å². The fraction of sp³-hybridized carbons (Fsp3) is 0.471. The minimum Gasteiger partial charge on any atom is -0.493 e. The van der Waals surface area contributed by atoms with E-state index < -0.39 is 0 Å². The first kappa shape index (κ1) is 15.6. The van der Waals surface area contributed by atoms with E-state index in [1.165, 1.54) is 16.7 Å². The minimum atomic E-state index is 0.0771. The Kier molecular flexibility index (Phi) is 5.02. The predicted octanol–water partition coefficient (Wildman–Crippen LogP) is 3.23. The lowest BCUT2D eigenvalue weighted by Gasteiger charge is -2.20. The van der Waals surface area contributed by atoms with Gasteiger partial charge in [-0.1, -0.05) is 25.1 Å². The van der Waals surface area contributed by atoms with E-state index in [0.717, 1.165) is 24.4 Å². The van der Waals surface area contributed by atoms with Crippen LogP contribution >= 0.6 is 0 Å². The molecule has 4 heteroatoms. The van der Waals surface area contributed by atoms with Crippen LogP contribution < -0.4 is 10.1 Å². The number of nitrogens with zero attached hydrogens (tertiary/aromatic N) is 2. The van der Waals surface area contributed by atoms with Gasteiger partial charge in [-0.25, -0.2) is 0 Å². The number of aryl methyl sites for hydroxylation is 3. The van der Waals surface area contributed by atoms with Gasteiger partial charge in [0.2, 0.25) is 0 Å². The van der Waals surface area contributed by atoms with E-state index in [1.807, 2.05) is 11.7 Å². The van der Waals surface area contributed by atoms with Gasteiger partial charge in [-0.2, -0.15) is 5.10 Å². The van der Waals surface area contributed by atoms with Crippen molar-refractivity contribution in [3.63, 3.8) is 0 Å². The Bertz CT molecular complexity index is 604. The molecule has 1 heterocycles. The molecule has 0 aliphatic carbocycles. The summed E-state index contributed by atoms with van der Waals surface area (Å²) in [5.74, 6) is 0.834. The van der Waals surface area contributed by atoms with Gasteiger partial charge in [-0.3, -0.25) is 4.68 Å². The monoisotopic (exact) mass is 287 g/mol. The quantitative estimate of drug-likeness (QED) is 0.886. The first-order valence-electron chi connectivity index (χ1n) is 7.46. The van der Waals surface area contributed by atoms with E-state index >= 15 is 0 Å². The molecule has 1 aromatic heterocycles. The maximum absolute atomic E-state index is 5.51. The van der Waals surface area contributed by atoms with Crippen LogP contribution in [0.3, 0.4) is 0 Å². The van der Waals surface area contributed by atoms with E-state index in [0.29, 0.717) is 0 Å². The molecule has 0 radical (unpaired) electrons. The van der Waals surface area contributed by atoms with Crippen LogP contribution in [0.1, 0.15) is 41.8 Å². The van der Waals surface area contributed by atoms with Gasteiger partial charge in [-0.15, -0.1) is 0 Å². The Balaban J connectivity index is 2.49. The van der Waals surface area contributed by atoms with Crippen molar-refractivity contribution >= 4 is 0 Å². The van der Waals surface area contributed by atoms with E-state index in [9.17, 15) is 0 Å². The van der Waals surface area contributed by atoms with Crippen molar-refractivity contribution in [2.45, 2.75) is 39.8 Å². The number of ether oxygens (including phenoxy) is 1. The zero-order chi connectivity index (χ0) is 15.4. The van der Waals surface area contributed by atoms with Crippen molar-refractivity contribution in [2.75, 3.05) is 14.2 Å². The molecule has 2 rings (SSSR count). The highest BCUT2D eigenvalue weighted by atomic mass is 16.5. The molecule has 0 spiro atoms. The number of benzene rings is 1. The van der Waals surface area contributed by atoms with Crippen LogP contribution in [0, 0.1) is 13.8 Å². The molecule has 0 aliphatic heterocycles. The van der Waals surface area contributed by atoms with Gasteiger partial charge < -0.3 is 10.1 Å². The number of hydrogen-bond acceptors (Lipinski definition) is 3. The lowest BCUT2D eigenvalue weighted by Crippen LogP contribution is -2.22. The molecule has 1 aromatic carbocycles. The molecule has 0 saturated heterocycles. The molecule has 1 unspecified atom stereocenters. The lowest BCUT2D eigenvalue weighted by atomic mass is 9.98. The third-order valence-electron chi connectivity index (χ3n) is 3.93. The normalized spacial score (nSPS) is 12.4. The molecule has 0 saturated carbocycles. The Hall–Kier alpha value is -1.81. The average Bonchev–Trinajstić information content (AvgIpc) is 2.87. The van der Waals surface area contributed by atoms with Crippen LogP contribution in [0.4, 0.5) is 0 Å². The lowest BCUT2D eigenvalue weighted by molar-refractivity contribution is 0.400. The summed E-state index contributed by atoms with van der Waals surface area (Å²) in [4.78, 5) is 0. The SMILES string of the molecule is CCCn1ncc(OC)c1C(NC)c1ccc(C)c(C)c1. The molecule has 2 aromatic rings. The fourth-order valence-electron chi connectivity index (χ4n) is 2.62. The Labute approximate surface area is 127 Å². The Morgan fingerprint density at radius 2 is 2.05 bits per heavy atom. The van der Waals surface area contributed by atoms with Crippen molar-refractivity contribution in [1.29, 1.82) is 0 Å². The predicted molar refractivity (Wildman–Crippen MR) is 85.9 cm³/mol. The van der Waals surface area contributed by atoms with Gasteiger partial charge in [0.05, 0.1) is 19.3 Å². The Morgan fingerprint density at radius 1 is 1.29 bits per heavy atom. The first-order chi connectivity index (χ1) is 10.1. The molecule has 0 amide bonds. The maximum Gasteiger partial charge on any atom is 0.161 e. The largest absolute Gasteiger partial charge is 0.493 e. The molecule has 0 bridgehead atoms. The van der Waals surface area contributed by atoms with Crippen LogP contribution in [0.25, 0.3) is 0 Å². The molecule has 0 aliphatic rings. The summed E-state index contributed by atoms with van der Waals surface area (Å²) < 4.78 is 7.54. The third-order valence-corrected chi connectivity index (χ3v) is 3.93. The minimum absolute atomic E-state index is 0.0771. The zero-order valence-corrected chi connectivity index (χ0v) is 13.6. The number of hydrogen-bond donors (Lipinski definition) is 1. The van der Waals surface area contributed by atoms with Gasteiger partial charge in [0.25, 0.3) is 0 Å². The molecule has 4 nitrogen and oxygen atoms in total. The van der Waals surface area contributed by atoms with Crippen molar-refractivity contribution in [3.8, 4) is 5.75 Å². The van der Waals surface area contributed by atoms with Crippen LogP contribution in [0.5, 0.6) is 5.75 Å². The van der Waals surface area contributed by atoms with E-state index in [1.54, 1.807) is 13.3 Å². The summed E-state index contributed by atoms with van der Waals surface area (Å²) in [5.41, 5.74) is 4.93. The smallest absolute Gasteiger partial charge is 0.161 e. The topological polar surface area (TPSA) is 39.1 Å². The fourth-order valence-corrected chi connectivity index (χ4v) is 2.62. The standard InChI is InChI=1S/C17H25N3O/c1-6-9-20-17(15(21-5)11-19-20)16(18-4)14-8-7-12(2)13(3)10-14/h7-8,10-11,16,18H,6,9H2,1-5H3. The number of aromatic nitrogens is 2. The van der Waals surface area contributed by atoms with Crippen LogP contribution in [0.15, 0.2) is 24.4 Å². The highest BCUT2D eigenvalue weighted by Gasteiger charge is 2.22. The molecular formula is C17H25N3O. The Morgan fingerprint density at radius 3 is 2.62 bits per heavy atom.